The van der Waals surface area contributed by atoms with Crippen molar-refractivity contribution >= 4 is 15.5 Å². The van der Waals surface area contributed by atoms with E-state index in [1.54, 1.807) is 0 Å². The van der Waals surface area contributed by atoms with Gasteiger partial charge in [0.25, 0.3) is 5.69 Å². The maximum absolute atomic E-state index is 12.3. The maximum atomic E-state index is 12.3. The molecule has 1 aromatic rings. The molecule has 0 radical (unpaired) electrons. The smallest absolute Gasteiger partial charge is 0.269 e. The van der Waals surface area contributed by atoms with Gasteiger partial charge in [0.2, 0.25) is 0 Å². The monoisotopic (exact) mass is 316 g/mol. The maximum Gasteiger partial charge on any atom is 0.269 e. The van der Waals surface area contributed by atoms with Gasteiger partial charge in [-0.1, -0.05) is 6.92 Å². The molecule has 0 aliphatic heterocycles. The summed E-state index contributed by atoms with van der Waals surface area (Å²) < 4.78 is 29.6. The first-order valence-electron chi connectivity index (χ1n) is 6.60. The number of nitrogens with zero attached hydrogens (tertiary/aromatic N) is 1. The van der Waals surface area contributed by atoms with Crippen molar-refractivity contribution in [1.82, 2.24) is 5.32 Å². The lowest BCUT2D eigenvalue weighted by atomic mass is 10.3. The van der Waals surface area contributed by atoms with Crippen molar-refractivity contribution < 1.29 is 18.1 Å². The third-order valence-corrected chi connectivity index (χ3v) is 4.71. The second-order valence-electron chi connectivity index (χ2n) is 4.64. The van der Waals surface area contributed by atoms with Crippen LogP contribution in [-0.2, 0) is 14.6 Å². The molecule has 1 atom stereocenters. The predicted octanol–water partition coefficient (Wildman–Crippen LogP) is 1.38. The number of nitro groups is 1. The van der Waals surface area contributed by atoms with E-state index in [-0.39, 0.29) is 29.0 Å². The Kier molecular flexibility index (Phi) is 6.73. The topological polar surface area (TPSA) is 98.5 Å². The van der Waals surface area contributed by atoms with E-state index in [1.807, 2.05) is 6.92 Å². The molecule has 7 nitrogen and oxygen atoms in total. The molecule has 1 aromatic carbocycles. The molecule has 0 aliphatic rings. The minimum atomic E-state index is -3.52. The lowest BCUT2D eigenvalue weighted by molar-refractivity contribution is -0.384. The lowest BCUT2D eigenvalue weighted by Crippen LogP contribution is -2.39. The molecule has 0 bridgehead atoms. The van der Waals surface area contributed by atoms with Crippen LogP contribution in [0, 0.1) is 10.1 Å². The Hall–Kier alpha value is -1.51. The Balaban J connectivity index is 2.85. The number of benzene rings is 1. The van der Waals surface area contributed by atoms with Gasteiger partial charge in [0.15, 0.2) is 9.84 Å². The van der Waals surface area contributed by atoms with Crippen LogP contribution in [0.4, 0.5) is 5.69 Å². The number of hydrogen-bond donors (Lipinski definition) is 1. The largest absolute Gasteiger partial charge is 0.383 e. The standard InChI is InChI=1S/C13H20N2O5S/c1-3-8-14-11(9-20-2)10-21(18,19)13-6-4-12(5-7-13)15(16)17/h4-7,11,14H,3,8-10H2,1-2H3. The summed E-state index contributed by atoms with van der Waals surface area (Å²) in [7, 11) is -2.01. The molecule has 1 unspecified atom stereocenters. The van der Waals surface area contributed by atoms with E-state index in [2.05, 4.69) is 5.32 Å². The third kappa shape index (κ3) is 5.41. The fourth-order valence-corrected chi connectivity index (χ4v) is 3.34. The van der Waals surface area contributed by atoms with Crippen LogP contribution in [0.25, 0.3) is 0 Å². The highest BCUT2D eigenvalue weighted by Gasteiger charge is 2.21. The quantitative estimate of drug-likeness (QED) is 0.546. The molecule has 0 saturated heterocycles. The molecule has 0 spiro atoms. The number of nitro benzene ring substituents is 1. The van der Waals surface area contributed by atoms with Crippen LogP contribution in [0.15, 0.2) is 29.2 Å². The highest BCUT2D eigenvalue weighted by atomic mass is 32.2. The van der Waals surface area contributed by atoms with E-state index >= 15 is 0 Å². The van der Waals surface area contributed by atoms with Gasteiger partial charge in [0.1, 0.15) is 0 Å². The van der Waals surface area contributed by atoms with Gasteiger partial charge in [-0.3, -0.25) is 10.1 Å². The lowest BCUT2D eigenvalue weighted by Gasteiger charge is -2.17. The van der Waals surface area contributed by atoms with E-state index in [0.29, 0.717) is 6.54 Å². The highest BCUT2D eigenvalue weighted by molar-refractivity contribution is 7.91. The molecular formula is C13H20N2O5S. The first kappa shape index (κ1) is 17.5. The van der Waals surface area contributed by atoms with Crippen LogP contribution < -0.4 is 5.32 Å². The molecule has 0 amide bonds. The van der Waals surface area contributed by atoms with Gasteiger partial charge < -0.3 is 10.1 Å². The summed E-state index contributed by atoms with van der Waals surface area (Å²) in [5.41, 5.74) is -0.133. The average molecular weight is 316 g/mol. The summed E-state index contributed by atoms with van der Waals surface area (Å²) in [5.74, 6) is -0.112. The molecule has 8 heteroatoms. The summed E-state index contributed by atoms with van der Waals surface area (Å²) in [6.45, 7) is 2.97. The van der Waals surface area contributed by atoms with Crippen molar-refractivity contribution in [3.63, 3.8) is 0 Å². The Morgan fingerprint density at radius 1 is 1.33 bits per heavy atom. The van der Waals surface area contributed by atoms with Crippen molar-refractivity contribution in [1.29, 1.82) is 0 Å². The molecular weight excluding hydrogens is 296 g/mol. The highest BCUT2D eigenvalue weighted by Crippen LogP contribution is 2.17. The fourth-order valence-electron chi connectivity index (χ4n) is 1.85. The van der Waals surface area contributed by atoms with Gasteiger partial charge in [-0.2, -0.15) is 0 Å². The van der Waals surface area contributed by atoms with Gasteiger partial charge in [0, 0.05) is 25.3 Å². The summed E-state index contributed by atoms with van der Waals surface area (Å²) in [6, 6.07) is 4.60. The number of ether oxygens (including phenoxy) is 1. The van der Waals surface area contributed by atoms with E-state index in [0.717, 1.165) is 6.42 Å². The van der Waals surface area contributed by atoms with Gasteiger partial charge in [-0.05, 0) is 25.1 Å². The number of rotatable bonds is 9. The minimum Gasteiger partial charge on any atom is -0.383 e. The van der Waals surface area contributed by atoms with E-state index in [9.17, 15) is 18.5 Å². The van der Waals surface area contributed by atoms with Crippen molar-refractivity contribution in [2.24, 2.45) is 0 Å². The number of nitrogens with one attached hydrogen (secondary N) is 1. The summed E-state index contributed by atoms with van der Waals surface area (Å²) in [4.78, 5) is 10.1. The molecule has 1 N–H and O–H groups in total. The first-order valence-corrected chi connectivity index (χ1v) is 8.25. The van der Waals surface area contributed by atoms with Gasteiger partial charge in [-0.15, -0.1) is 0 Å². The molecule has 0 aliphatic carbocycles. The molecule has 0 heterocycles. The second kappa shape index (κ2) is 8.06. The van der Waals surface area contributed by atoms with Crippen LogP contribution in [-0.4, -0.2) is 45.4 Å². The fraction of sp³-hybridized carbons (Fsp3) is 0.538. The normalized spacial score (nSPS) is 13.0. The second-order valence-corrected chi connectivity index (χ2v) is 6.67. The van der Waals surface area contributed by atoms with Crippen molar-refractivity contribution in [2.75, 3.05) is 26.0 Å². The number of sulfone groups is 1. The average Bonchev–Trinajstić information content (AvgIpc) is 2.45. The predicted molar refractivity (Wildman–Crippen MR) is 79.1 cm³/mol. The zero-order chi connectivity index (χ0) is 15.9. The molecule has 1 rings (SSSR count). The Bertz CT molecular complexity index is 556. The Labute approximate surface area is 124 Å². The zero-order valence-corrected chi connectivity index (χ0v) is 12.9. The van der Waals surface area contributed by atoms with Crippen LogP contribution in [0.2, 0.25) is 0 Å². The van der Waals surface area contributed by atoms with Crippen LogP contribution >= 0.6 is 0 Å². The van der Waals surface area contributed by atoms with Gasteiger partial charge >= 0.3 is 0 Å². The van der Waals surface area contributed by atoms with Crippen LogP contribution in [0.5, 0.6) is 0 Å². The van der Waals surface area contributed by atoms with E-state index < -0.39 is 14.8 Å². The van der Waals surface area contributed by atoms with Crippen LogP contribution in [0.1, 0.15) is 13.3 Å². The summed E-state index contributed by atoms with van der Waals surface area (Å²) in [5, 5.41) is 13.7. The third-order valence-electron chi connectivity index (χ3n) is 2.88. The Morgan fingerprint density at radius 3 is 2.43 bits per heavy atom. The molecule has 21 heavy (non-hydrogen) atoms. The molecule has 0 aromatic heterocycles. The van der Waals surface area contributed by atoms with E-state index in [4.69, 9.17) is 4.74 Å². The molecule has 0 fully saturated rings. The number of hydrogen-bond acceptors (Lipinski definition) is 6. The molecule has 118 valence electrons. The van der Waals surface area contributed by atoms with Crippen molar-refractivity contribution in [2.45, 2.75) is 24.3 Å². The summed E-state index contributed by atoms with van der Waals surface area (Å²) >= 11 is 0. The first-order chi connectivity index (χ1) is 9.90. The zero-order valence-electron chi connectivity index (χ0n) is 12.1. The summed E-state index contributed by atoms with van der Waals surface area (Å²) in [6.07, 6.45) is 0.887. The Morgan fingerprint density at radius 2 is 1.95 bits per heavy atom. The van der Waals surface area contributed by atoms with Crippen molar-refractivity contribution in [3.8, 4) is 0 Å². The van der Waals surface area contributed by atoms with Gasteiger partial charge in [-0.25, -0.2) is 8.42 Å². The minimum absolute atomic E-state index is 0.0764. The van der Waals surface area contributed by atoms with E-state index in [1.165, 1.54) is 31.4 Å². The SMILES string of the molecule is CCCNC(COC)CS(=O)(=O)c1ccc([N+](=O)[O-])cc1. The number of methoxy groups -OCH3 is 1. The molecule has 0 saturated carbocycles. The van der Waals surface area contributed by atoms with Crippen LogP contribution in [0.3, 0.4) is 0 Å². The van der Waals surface area contributed by atoms with Crippen molar-refractivity contribution in [3.05, 3.63) is 34.4 Å². The number of non-ortho nitro benzene ring substituents is 1. The van der Waals surface area contributed by atoms with Gasteiger partial charge in [0.05, 0.1) is 22.2 Å².